The molecule has 2 rings (SSSR count). The number of carbonyl (C=O) groups excluding carboxylic acids is 2. The van der Waals surface area contributed by atoms with Crippen LogP contribution in [0.25, 0.3) is 0 Å². The van der Waals surface area contributed by atoms with Crippen LogP contribution >= 0.6 is 11.6 Å². The van der Waals surface area contributed by atoms with Crippen LogP contribution in [-0.2, 0) is 4.79 Å². The number of amides is 2. The SMILES string of the molecule is CCOc1ccc(C(=O)NCC(=O)N[C@@H](C)c2cccc(Cl)c2)cc1. The minimum Gasteiger partial charge on any atom is -0.494 e. The Labute approximate surface area is 152 Å². The van der Waals surface area contributed by atoms with E-state index in [4.69, 9.17) is 16.3 Å². The Morgan fingerprint density at radius 3 is 2.52 bits per heavy atom. The Balaban J connectivity index is 1.83. The Hall–Kier alpha value is -2.53. The zero-order valence-electron chi connectivity index (χ0n) is 14.2. The highest BCUT2D eigenvalue weighted by Gasteiger charge is 2.12. The van der Waals surface area contributed by atoms with Crippen LogP contribution in [0.2, 0.25) is 5.02 Å². The molecule has 0 aliphatic carbocycles. The second kappa shape index (κ2) is 9.08. The van der Waals surface area contributed by atoms with E-state index in [1.165, 1.54) is 0 Å². The Morgan fingerprint density at radius 2 is 1.88 bits per heavy atom. The number of benzene rings is 2. The molecule has 0 fully saturated rings. The Kier molecular flexibility index (Phi) is 6.83. The number of halogens is 1. The van der Waals surface area contributed by atoms with Gasteiger partial charge in [-0.3, -0.25) is 9.59 Å². The minimum absolute atomic E-state index is 0.100. The van der Waals surface area contributed by atoms with Crippen LogP contribution in [0, 0.1) is 0 Å². The van der Waals surface area contributed by atoms with Gasteiger partial charge in [0, 0.05) is 10.6 Å². The molecule has 0 spiro atoms. The average Bonchev–Trinajstić information content (AvgIpc) is 2.60. The van der Waals surface area contributed by atoms with Gasteiger partial charge in [0.15, 0.2) is 0 Å². The van der Waals surface area contributed by atoms with E-state index in [1.807, 2.05) is 26.0 Å². The number of rotatable bonds is 7. The molecule has 0 aromatic heterocycles. The van der Waals surface area contributed by atoms with Gasteiger partial charge in [0.1, 0.15) is 5.75 Å². The maximum Gasteiger partial charge on any atom is 0.251 e. The fraction of sp³-hybridized carbons (Fsp3) is 0.263. The van der Waals surface area contributed by atoms with Crippen molar-refractivity contribution in [3.05, 3.63) is 64.7 Å². The largest absolute Gasteiger partial charge is 0.494 e. The van der Waals surface area contributed by atoms with E-state index in [9.17, 15) is 9.59 Å². The summed E-state index contributed by atoms with van der Waals surface area (Å²) in [5, 5.41) is 6.04. The van der Waals surface area contributed by atoms with Crippen LogP contribution in [0.3, 0.4) is 0 Å². The van der Waals surface area contributed by atoms with E-state index in [0.717, 1.165) is 5.56 Å². The van der Waals surface area contributed by atoms with Crippen LogP contribution in [0.1, 0.15) is 35.8 Å². The topological polar surface area (TPSA) is 67.4 Å². The molecule has 0 heterocycles. The molecule has 2 aromatic rings. The summed E-state index contributed by atoms with van der Waals surface area (Å²) in [4.78, 5) is 24.1. The highest BCUT2D eigenvalue weighted by Crippen LogP contribution is 2.17. The molecule has 0 aliphatic rings. The quantitative estimate of drug-likeness (QED) is 0.795. The van der Waals surface area contributed by atoms with E-state index in [2.05, 4.69) is 10.6 Å². The predicted octanol–water partition coefficient (Wildman–Crippen LogP) is 3.35. The highest BCUT2D eigenvalue weighted by molar-refractivity contribution is 6.30. The van der Waals surface area contributed by atoms with Crippen LogP contribution in [0.15, 0.2) is 48.5 Å². The van der Waals surface area contributed by atoms with Gasteiger partial charge in [-0.1, -0.05) is 23.7 Å². The summed E-state index contributed by atoms with van der Waals surface area (Å²) >= 11 is 5.95. The molecule has 5 nitrogen and oxygen atoms in total. The van der Waals surface area contributed by atoms with Gasteiger partial charge in [0.05, 0.1) is 19.2 Å². The van der Waals surface area contributed by atoms with Crippen molar-refractivity contribution >= 4 is 23.4 Å². The van der Waals surface area contributed by atoms with Crippen LogP contribution in [0.5, 0.6) is 5.75 Å². The van der Waals surface area contributed by atoms with E-state index < -0.39 is 0 Å². The first-order valence-electron chi connectivity index (χ1n) is 8.05. The molecule has 0 radical (unpaired) electrons. The summed E-state index contributed by atoms with van der Waals surface area (Å²) in [5.74, 6) is 0.118. The van der Waals surface area contributed by atoms with Gasteiger partial charge < -0.3 is 15.4 Å². The third-order valence-corrected chi connectivity index (χ3v) is 3.80. The van der Waals surface area contributed by atoms with Gasteiger partial charge in [0.25, 0.3) is 5.91 Å². The average molecular weight is 361 g/mol. The van der Waals surface area contributed by atoms with E-state index in [0.29, 0.717) is 22.9 Å². The number of carbonyl (C=O) groups is 2. The van der Waals surface area contributed by atoms with Crippen molar-refractivity contribution in [1.29, 1.82) is 0 Å². The summed E-state index contributed by atoms with van der Waals surface area (Å²) in [6, 6.07) is 13.8. The lowest BCUT2D eigenvalue weighted by Crippen LogP contribution is -2.38. The second-order valence-electron chi connectivity index (χ2n) is 5.48. The van der Waals surface area contributed by atoms with Crippen LogP contribution in [-0.4, -0.2) is 25.0 Å². The smallest absolute Gasteiger partial charge is 0.251 e. The second-order valence-corrected chi connectivity index (χ2v) is 5.92. The van der Waals surface area contributed by atoms with Crippen molar-refractivity contribution in [1.82, 2.24) is 10.6 Å². The van der Waals surface area contributed by atoms with Crippen LogP contribution < -0.4 is 15.4 Å². The maximum atomic E-state index is 12.1. The lowest BCUT2D eigenvalue weighted by atomic mass is 10.1. The molecule has 1 atom stereocenters. The zero-order chi connectivity index (χ0) is 18.2. The van der Waals surface area contributed by atoms with Gasteiger partial charge in [-0.2, -0.15) is 0 Å². The van der Waals surface area contributed by atoms with Gasteiger partial charge in [0.2, 0.25) is 5.91 Å². The molecule has 2 aromatic carbocycles. The molecule has 0 unspecified atom stereocenters. The van der Waals surface area contributed by atoms with Gasteiger partial charge in [-0.15, -0.1) is 0 Å². The van der Waals surface area contributed by atoms with Crippen molar-refractivity contribution in [2.24, 2.45) is 0 Å². The normalized spacial score (nSPS) is 11.5. The first kappa shape index (κ1) is 18.8. The number of hydrogen-bond acceptors (Lipinski definition) is 3. The molecule has 132 valence electrons. The van der Waals surface area contributed by atoms with E-state index in [-0.39, 0.29) is 24.4 Å². The van der Waals surface area contributed by atoms with Crippen molar-refractivity contribution < 1.29 is 14.3 Å². The molecule has 0 aliphatic heterocycles. The third kappa shape index (κ3) is 5.80. The summed E-state index contributed by atoms with van der Waals surface area (Å²) in [6.07, 6.45) is 0. The lowest BCUT2D eigenvalue weighted by molar-refractivity contribution is -0.120. The summed E-state index contributed by atoms with van der Waals surface area (Å²) in [6.45, 7) is 4.22. The third-order valence-electron chi connectivity index (χ3n) is 3.56. The molecular formula is C19H21ClN2O3. The molecule has 0 saturated carbocycles. The fourth-order valence-electron chi connectivity index (χ4n) is 2.28. The predicted molar refractivity (Wildman–Crippen MR) is 98.0 cm³/mol. The highest BCUT2D eigenvalue weighted by atomic mass is 35.5. The molecule has 0 saturated heterocycles. The summed E-state index contributed by atoms with van der Waals surface area (Å²) in [5.41, 5.74) is 1.37. The first-order chi connectivity index (χ1) is 12.0. The number of ether oxygens (including phenoxy) is 1. The molecule has 0 bridgehead atoms. The number of hydrogen-bond donors (Lipinski definition) is 2. The summed E-state index contributed by atoms with van der Waals surface area (Å²) in [7, 11) is 0. The fourth-order valence-corrected chi connectivity index (χ4v) is 2.48. The first-order valence-corrected chi connectivity index (χ1v) is 8.43. The monoisotopic (exact) mass is 360 g/mol. The number of nitrogens with one attached hydrogen (secondary N) is 2. The zero-order valence-corrected chi connectivity index (χ0v) is 15.0. The molecular weight excluding hydrogens is 340 g/mol. The Bertz CT molecular complexity index is 732. The van der Waals surface area contributed by atoms with E-state index in [1.54, 1.807) is 36.4 Å². The van der Waals surface area contributed by atoms with Crippen molar-refractivity contribution in [2.45, 2.75) is 19.9 Å². The standard InChI is InChI=1S/C19H21ClN2O3/c1-3-25-17-9-7-14(8-10-17)19(24)21-12-18(23)22-13(2)15-5-4-6-16(20)11-15/h4-11,13H,3,12H2,1-2H3,(H,21,24)(H,22,23)/t13-/m0/s1. The molecule has 25 heavy (non-hydrogen) atoms. The minimum atomic E-state index is -0.311. The molecule has 6 heteroatoms. The van der Waals surface area contributed by atoms with Gasteiger partial charge in [-0.25, -0.2) is 0 Å². The summed E-state index contributed by atoms with van der Waals surface area (Å²) < 4.78 is 5.33. The molecule has 2 amide bonds. The lowest BCUT2D eigenvalue weighted by Gasteiger charge is -2.15. The molecule has 2 N–H and O–H groups in total. The van der Waals surface area contributed by atoms with Crippen molar-refractivity contribution in [3.8, 4) is 5.75 Å². The van der Waals surface area contributed by atoms with Crippen LogP contribution in [0.4, 0.5) is 0 Å². The Morgan fingerprint density at radius 1 is 1.16 bits per heavy atom. The van der Waals surface area contributed by atoms with Gasteiger partial charge in [-0.05, 0) is 55.8 Å². The van der Waals surface area contributed by atoms with Crippen molar-refractivity contribution in [2.75, 3.05) is 13.2 Å². The maximum absolute atomic E-state index is 12.1. The van der Waals surface area contributed by atoms with Crippen molar-refractivity contribution in [3.63, 3.8) is 0 Å². The van der Waals surface area contributed by atoms with Gasteiger partial charge >= 0.3 is 0 Å². The van der Waals surface area contributed by atoms with E-state index >= 15 is 0 Å².